The lowest BCUT2D eigenvalue weighted by atomic mass is 9.94. The number of hydrogen-bond donors (Lipinski definition) is 1. The summed E-state index contributed by atoms with van der Waals surface area (Å²) < 4.78 is 5.91. The van der Waals surface area contributed by atoms with E-state index in [1.54, 1.807) is 0 Å². The minimum atomic E-state index is 0.205. The van der Waals surface area contributed by atoms with Gasteiger partial charge in [0.25, 0.3) is 0 Å². The lowest BCUT2D eigenvalue weighted by Crippen LogP contribution is -2.54. The van der Waals surface area contributed by atoms with Gasteiger partial charge in [-0.15, -0.1) is 0 Å². The molecule has 0 radical (unpaired) electrons. The molecule has 2 aliphatic heterocycles. The van der Waals surface area contributed by atoms with Crippen LogP contribution in [0, 0.1) is 5.92 Å². The molecule has 2 aliphatic rings. The summed E-state index contributed by atoms with van der Waals surface area (Å²) in [6, 6.07) is 0.891. The number of nitrogens with zero attached hydrogens (tertiary/aromatic N) is 1. The van der Waals surface area contributed by atoms with E-state index >= 15 is 0 Å². The third-order valence-electron chi connectivity index (χ3n) is 4.15. The minimum absolute atomic E-state index is 0.205. The van der Waals surface area contributed by atoms with Crippen LogP contribution >= 0.6 is 0 Å². The molecule has 2 N–H and O–H groups in total. The number of morpholine rings is 1. The number of rotatable bonds is 3. The maximum atomic E-state index is 6.23. The van der Waals surface area contributed by atoms with Crippen LogP contribution in [0.5, 0.6) is 0 Å². The van der Waals surface area contributed by atoms with E-state index in [9.17, 15) is 0 Å². The molecular weight excluding hydrogens is 188 g/mol. The van der Waals surface area contributed by atoms with Crippen LogP contribution in [0.1, 0.15) is 33.1 Å². The van der Waals surface area contributed by atoms with Crippen molar-refractivity contribution in [3.8, 4) is 0 Å². The molecule has 15 heavy (non-hydrogen) atoms. The van der Waals surface area contributed by atoms with Crippen molar-refractivity contribution in [3.05, 3.63) is 0 Å². The Kier molecular flexibility index (Phi) is 3.65. The Labute approximate surface area is 93.0 Å². The molecule has 2 heterocycles. The first kappa shape index (κ1) is 11.4. The predicted molar refractivity (Wildman–Crippen MR) is 61.8 cm³/mol. The molecule has 3 nitrogen and oxygen atoms in total. The number of ether oxygens (including phenoxy) is 1. The van der Waals surface area contributed by atoms with Crippen LogP contribution in [0.3, 0.4) is 0 Å². The lowest BCUT2D eigenvalue weighted by molar-refractivity contribution is -0.0661. The lowest BCUT2D eigenvalue weighted by Gasteiger charge is -2.39. The van der Waals surface area contributed by atoms with Gasteiger partial charge in [0.1, 0.15) is 0 Å². The standard InChI is InChI=1S/C12H24N2O/c1-3-9(2)12(13)11-7-14-6-4-5-10(14)8-15-11/h9-12H,3-8,13H2,1-2H3. The van der Waals surface area contributed by atoms with E-state index in [0.29, 0.717) is 12.0 Å². The first-order valence-electron chi connectivity index (χ1n) is 6.33. The van der Waals surface area contributed by atoms with Crippen LogP contribution in [-0.4, -0.2) is 42.8 Å². The SMILES string of the molecule is CCC(C)C(N)C1CN2CCCC2CO1. The van der Waals surface area contributed by atoms with Gasteiger partial charge in [0, 0.05) is 18.6 Å². The summed E-state index contributed by atoms with van der Waals surface area (Å²) in [5.41, 5.74) is 6.23. The maximum Gasteiger partial charge on any atom is 0.0856 e. The van der Waals surface area contributed by atoms with E-state index in [-0.39, 0.29) is 12.1 Å². The van der Waals surface area contributed by atoms with Gasteiger partial charge < -0.3 is 10.5 Å². The number of nitrogens with two attached hydrogens (primary N) is 1. The second-order valence-corrected chi connectivity index (χ2v) is 5.13. The molecule has 0 spiro atoms. The van der Waals surface area contributed by atoms with Crippen LogP contribution < -0.4 is 5.73 Å². The van der Waals surface area contributed by atoms with Gasteiger partial charge in [0.05, 0.1) is 12.7 Å². The zero-order valence-electron chi connectivity index (χ0n) is 9.98. The third kappa shape index (κ3) is 2.35. The zero-order chi connectivity index (χ0) is 10.8. The quantitative estimate of drug-likeness (QED) is 0.764. The van der Waals surface area contributed by atoms with Crippen molar-refractivity contribution in [2.75, 3.05) is 19.7 Å². The summed E-state index contributed by atoms with van der Waals surface area (Å²) in [6.45, 7) is 7.62. The molecule has 2 rings (SSSR count). The molecule has 0 saturated carbocycles. The monoisotopic (exact) mass is 212 g/mol. The fraction of sp³-hybridized carbons (Fsp3) is 1.00. The summed E-state index contributed by atoms with van der Waals surface area (Å²) in [5.74, 6) is 0.564. The van der Waals surface area contributed by atoms with Crippen LogP contribution in [0.15, 0.2) is 0 Å². The van der Waals surface area contributed by atoms with Crippen LogP contribution in [0.4, 0.5) is 0 Å². The first-order valence-corrected chi connectivity index (χ1v) is 6.33. The minimum Gasteiger partial charge on any atom is -0.374 e. The molecule has 0 aromatic carbocycles. The number of hydrogen-bond acceptors (Lipinski definition) is 3. The molecular formula is C12H24N2O. The van der Waals surface area contributed by atoms with Crippen molar-refractivity contribution < 1.29 is 4.74 Å². The highest BCUT2D eigenvalue weighted by molar-refractivity contribution is 4.90. The largest absolute Gasteiger partial charge is 0.374 e. The van der Waals surface area contributed by atoms with E-state index < -0.39 is 0 Å². The van der Waals surface area contributed by atoms with E-state index in [2.05, 4.69) is 18.7 Å². The summed E-state index contributed by atoms with van der Waals surface area (Å²) >= 11 is 0. The Balaban J connectivity index is 1.89. The molecule has 0 amide bonds. The van der Waals surface area contributed by atoms with Gasteiger partial charge in [-0.3, -0.25) is 4.90 Å². The van der Waals surface area contributed by atoms with Gasteiger partial charge in [0.2, 0.25) is 0 Å². The predicted octanol–water partition coefficient (Wildman–Crippen LogP) is 1.22. The Morgan fingerprint density at radius 3 is 3.07 bits per heavy atom. The van der Waals surface area contributed by atoms with Crippen molar-refractivity contribution in [3.63, 3.8) is 0 Å². The van der Waals surface area contributed by atoms with Crippen molar-refractivity contribution in [1.29, 1.82) is 0 Å². The van der Waals surface area contributed by atoms with E-state index in [0.717, 1.165) is 19.6 Å². The summed E-state index contributed by atoms with van der Waals surface area (Å²) in [5, 5.41) is 0. The first-order chi connectivity index (χ1) is 7.22. The average Bonchev–Trinajstić information content (AvgIpc) is 2.73. The van der Waals surface area contributed by atoms with Crippen molar-refractivity contribution in [1.82, 2.24) is 4.90 Å². The maximum absolute atomic E-state index is 6.23. The summed E-state index contributed by atoms with van der Waals surface area (Å²) in [7, 11) is 0. The van der Waals surface area contributed by atoms with Crippen LogP contribution in [0.2, 0.25) is 0 Å². The van der Waals surface area contributed by atoms with Crippen LogP contribution in [0.25, 0.3) is 0 Å². The molecule has 3 heteroatoms. The molecule has 2 fully saturated rings. The molecule has 2 saturated heterocycles. The van der Waals surface area contributed by atoms with Crippen molar-refractivity contribution in [2.24, 2.45) is 11.7 Å². The summed E-state index contributed by atoms with van der Waals surface area (Å²) in [4.78, 5) is 2.57. The zero-order valence-corrected chi connectivity index (χ0v) is 9.98. The van der Waals surface area contributed by atoms with E-state index in [1.807, 2.05) is 0 Å². The second kappa shape index (κ2) is 4.81. The highest BCUT2D eigenvalue weighted by Gasteiger charge is 2.35. The van der Waals surface area contributed by atoms with Crippen LogP contribution in [-0.2, 0) is 4.74 Å². The highest BCUT2D eigenvalue weighted by Crippen LogP contribution is 2.25. The molecule has 0 bridgehead atoms. The van der Waals surface area contributed by atoms with Gasteiger partial charge in [-0.05, 0) is 25.3 Å². The topological polar surface area (TPSA) is 38.5 Å². The fourth-order valence-corrected chi connectivity index (χ4v) is 2.71. The molecule has 0 aromatic rings. The third-order valence-corrected chi connectivity index (χ3v) is 4.15. The molecule has 0 aromatic heterocycles. The Bertz CT molecular complexity index is 210. The van der Waals surface area contributed by atoms with E-state index in [1.165, 1.54) is 19.4 Å². The Hall–Kier alpha value is -0.120. The highest BCUT2D eigenvalue weighted by atomic mass is 16.5. The van der Waals surface area contributed by atoms with Crippen molar-refractivity contribution >= 4 is 0 Å². The van der Waals surface area contributed by atoms with Gasteiger partial charge in [-0.2, -0.15) is 0 Å². The fourth-order valence-electron chi connectivity index (χ4n) is 2.71. The number of fused-ring (bicyclic) bond motifs is 1. The molecule has 0 aliphatic carbocycles. The van der Waals surface area contributed by atoms with Gasteiger partial charge in [0.15, 0.2) is 0 Å². The average molecular weight is 212 g/mol. The van der Waals surface area contributed by atoms with Crippen molar-refractivity contribution in [2.45, 2.75) is 51.3 Å². The molecule has 4 atom stereocenters. The van der Waals surface area contributed by atoms with Gasteiger partial charge >= 0.3 is 0 Å². The van der Waals surface area contributed by atoms with Gasteiger partial charge in [-0.1, -0.05) is 20.3 Å². The Morgan fingerprint density at radius 2 is 2.33 bits per heavy atom. The molecule has 4 unspecified atom stereocenters. The smallest absolute Gasteiger partial charge is 0.0856 e. The van der Waals surface area contributed by atoms with Gasteiger partial charge in [-0.25, -0.2) is 0 Å². The Morgan fingerprint density at radius 1 is 1.53 bits per heavy atom. The molecule has 88 valence electrons. The normalized spacial score (nSPS) is 36.2. The summed E-state index contributed by atoms with van der Waals surface area (Å²) in [6.07, 6.45) is 4.05. The van der Waals surface area contributed by atoms with E-state index in [4.69, 9.17) is 10.5 Å². The second-order valence-electron chi connectivity index (χ2n) is 5.13.